The van der Waals surface area contributed by atoms with Crippen LogP contribution in [0.1, 0.15) is 19.3 Å². The molecule has 1 unspecified atom stereocenters. The van der Waals surface area contributed by atoms with Crippen molar-refractivity contribution in [2.75, 3.05) is 6.54 Å². The molecule has 1 atom stereocenters. The maximum atomic E-state index is 10.6. The maximum Gasteiger partial charge on any atom is 0.341 e. The molecule has 0 aliphatic carbocycles. The molecule has 0 fully saturated rings. The summed E-state index contributed by atoms with van der Waals surface area (Å²) in [5.41, 5.74) is 10.6. The third kappa shape index (κ3) is 4.72. The van der Waals surface area contributed by atoms with E-state index in [1.165, 1.54) is 0 Å². The van der Waals surface area contributed by atoms with E-state index >= 15 is 0 Å². The lowest BCUT2D eigenvalue weighted by Gasteiger charge is -2.06. The standard InChI is InChI=1S/C6H15N3O2/c7-4-2-1-3-5(8)6(10)11-9/h5H,1-4,7-9H2. The van der Waals surface area contributed by atoms with Crippen LogP contribution in [0.2, 0.25) is 0 Å². The first-order valence-corrected chi connectivity index (χ1v) is 3.58. The number of rotatable bonds is 5. The van der Waals surface area contributed by atoms with Gasteiger partial charge < -0.3 is 16.3 Å². The Morgan fingerprint density at radius 3 is 2.55 bits per heavy atom. The molecule has 6 N–H and O–H groups in total. The molecule has 0 heterocycles. The lowest BCUT2D eigenvalue weighted by molar-refractivity contribution is -0.145. The minimum Gasteiger partial charge on any atom is -0.372 e. The minimum atomic E-state index is -0.605. The summed E-state index contributed by atoms with van der Waals surface area (Å²) in [5.74, 6) is 4.06. The van der Waals surface area contributed by atoms with Crippen LogP contribution in [0, 0.1) is 0 Å². The Bertz CT molecular complexity index is 118. The molecular weight excluding hydrogens is 146 g/mol. The molecule has 0 spiro atoms. The second-order valence-electron chi connectivity index (χ2n) is 2.33. The third-order valence-electron chi connectivity index (χ3n) is 1.39. The van der Waals surface area contributed by atoms with Crippen molar-refractivity contribution in [3.63, 3.8) is 0 Å². The zero-order valence-corrected chi connectivity index (χ0v) is 6.45. The van der Waals surface area contributed by atoms with E-state index in [0.29, 0.717) is 13.0 Å². The summed E-state index contributed by atoms with van der Waals surface area (Å²) in [6, 6.07) is -0.605. The summed E-state index contributed by atoms with van der Waals surface area (Å²) in [7, 11) is 0. The first-order chi connectivity index (χ1) is 5.22. The predicted molar refractivity (Wildman–Crippen MR) is 41.2 cm³/mol. The Morgan fingerprint density at radius 2 is 2.09 bits per heavy atom. The minimum absolute atomic E-state index is 0.568. The molecule has 0 saturated heterocycles. The lowest BCUT2D eigenvalue weighted by atomic mass is 10.1. The molecule has 11 heavy (non-hydrogen) atoms. The molecule has 5 heteroatoms. The number of unbranched alkanes of at least 4 members (excludes halogenated alkanes) is 1. The summed E-state index contributed by atoms with van der Waals surface area (Å²) in [5, 5.41) is 0. The average molecular weight is 161 g/mol. The van der Waals surface area contributed by atoms with Crippen molar-refractivity contribution in [2.45, 2.75) is 25.3 Å². The van der Waals surface area contributed by atoms with E-state index in [4.69, 9.17) is 11.5 Å². The highest BCUT2D eigenvalue weighted by atomic mass is 16.7. The van der Waals surface area contributed by atoms with Crippen molar-refractivity contribution in [3.8, 4) is 0 Å². The molecular formula is C6H15N3O2. The average Bonchev–Trinajstić information content (AvgIpc) is 2.03. The number of carbonyl (C=O) groups excluding carboxylic acids is 1. The van der Waals surface area contributed by atoms with Gasteiger partial charge in [-0.1, -0.05) is 6.42 Å². The van der Waals surface area contributed by atoms with Crippen LogP contribution < -0.4 is 17.4 Å². The molecule has 0 aliphatic heterocycles. The second-order valence-corrected chi connectivity index (χ2v) is 2.33. The van der Waals surface area contributed by atoms with E-state index in [2.05, 4.69) is 10.7 Å². The molecule has 0 aromatic rings. The molecule has 0 aliphatic rings. The van der Waals surface area contributed by atoms with Gasteiger partial charge in [0.1, 0.15) is 6.04 Å². The summed E-state index contributed by atoms with van der Waals surface area (Å²) >= 11 is 0. The van der Waals surface area contributed by atoms with Gasteiger partial charge >= 0.3 is 5.97 Å². The fourth-order valence-corrected chi connectivity index (χ4v) is 0.714. The van der Waals surface area contributed by atoms with Crippen LogP contribution in [0.15, 0.2) is 0 Å². The van der Waals surface area contributed by atoms with Gasteiger partial charge in [-0.3, -0.25) is 0 Å². The topological polar surface area (TPSA) is 104 Å². The van der Waals surface area contributed by atoms with Crippen molar-refractivity contribution in [3.05, 3.63) is 0 Å². The molecule has 0 radical (unpaired) electrons. The van der Waals surface area contributed by atoms with Gasteiger partial charge in [0.15, 0.2) is 0 Å². The van der Waals surface area contributed by atoms with Crippen molar-refractivity contribution >= 4 is 5.97 Å². The highest BCUT2D eigenvalue weighted by Crippen LogP contribution is 1.98. The van der Waals surface area contributed by atoms with Crippen molar-refractivity contribution in [1.82, 2.24) is 0 Å². The van der Waals surface area contributed by atoms with Gasteiger partial charge in [0.05, 0.1) is 0 Å². The summed E-state index contributed by atoms with van der Waals surface area (Å²) in [4.78, 5) is 14.5. The maximum absolute atomic E-state index is 10.6. The first-order valence-electron chi connectivity index (χ1n) is 3.58. The van der Waals surface area contributed by atoms with Gasteiger partial charge in [-0.2, -0.15) is 5.90 Å². The molecule has 5 nitrogen and oxygen atoms in total. The lowest BCUT2D eigenvalue weighted by Crippen LogP contribution is -2.33. The van der Waals surface area contributed by atoms with Gasteiger partial charge in [0.2, 0.25) is 0 Å². The zero-order valence-electron chi connectivity index (χ0n) is 6.45. The first kappa shape index (κ1) is 10.3. The highest BCUT2D eigenvalue weighted by molar-refractivity contribution is 5.74. The third-order valence-corrected chi connectivity index (χ3v) is 1.39. The second kappa shape index (κ2) is 6.09. The number of carbonyl (C=O) groups is 1. The summed E-state index contributed by atoms with van der Waals surface area (Å²) in [6.07, 6.45) is 2.27. The van der Waals surface area contributed by atoms with Gasteiger partial charge in [-0.25, -0.2) is 4.79 Å². The van der Waals surface area contributed by atoms with Gasteiger partial charge in [-0.05, 0) is 19.4 Å². The number of nitrogens with two attached hydrogens (primary N) is 3. The van der Waals surface area contributed by atoms with E-state index in [1.54, 1.807) is 0 Å². The van der Waals surface area contributed by atoms with Crippen LogP contribution in [-0.4, -0.2) is 18.6 Å². The molecule has 0 bridgehead atoms. The van der Waals surface area contributed by atoms with E-state index in [-0.39, 0.29) is 0 Å². The van der Waals surface area contributed by atoms with Gasteiger partial charge in [0.25, 0.3) is 0 Å². The largest absolute Gasteiger partial charge is 0.372 e. The van der Waals surface area contributed by atoms with Crippen LogP contribution in [-0.2, 0) is 9.63 Å². The number of hydrogen-bond acceptors (Lipinski definition) is 5. The molecule has 66 valence electrons. The predicted octanol–water partition coefficient (Wildman–Crippen LogP) is -1.14. The van der Waals surface area contributed by atoms with Crippen LogP contribution in [0.4, 0.5) is 0 Å². The van der Waals surface area contributed by atoms with Crippen molar-refractivity contribution < 1.29 is 9.63 Å². The zero-order chi connectivity index (χ0) is 8.69. The van der Waals surface area contributed by atoms with E-state index in [9.17, 15) is 4.79 Å². The highest BCUT2D eigenvalue weighted by Gasteiger charge is 2.12. The quantitative estimate of drug-likeness (QED) is 0.349. The Hall–Kier alpha value is -0.650. The molecule has 0 saturated carbocycles. The Balaban J connectivity index is 3.36. The monoisotopic (exact) mass is 161 g/mol. The molecule has 0 aromatic carbocycles. The fraction of sp³-hybridized carbons (Fsp3) is 0.833. The summed E-state index contributed by atoms with van der Waals surface area (Å²) in [6.45, 7) is 0.615. The fourth-order valence-electron chi connectivity index (χ4n) is 0.714. The normalized spacial score (nSPS) is 12.6. The molecule has 0 rings (SSSR count). The molecule has 0 aromatic heterocycles. The smallest absolute Gasteiger partial charge is 0.341 e. The van der Waals surface area contributed by atoms with Gasteiger partial charge in [-0.15, -0.1) is 0 Å². The van der Waals surface area contributed by atoms with Crippen LogP contribution in [0.5, 0.6) is 0 Å². The van der Waals surface area contributed by atoms with E-state index < -0.39 is 12.0 Å². The van der Waals surface area contributed by atoms with Gasteiger partial charge in [0, 0.05) is 0 Å². The van der Waals surface area contributed by atoms with Crippen LogP contribution in [0.25, 0.3) is 0 Å². The van der Waals surface area contributed by atoms with Crippen LogP contribution >= 0.6 is 0 Å². The Morgan fingerprint density at radius 1 is 1.45 bits per heavy atom. The Kier molecular flexibility index (Phi) is 5.73. The molecule has 0 amide bonds. The van der Waals surface area contributed by atoms with E-state index in [1.807, 2.05) is 0 Å². The summed E-state index contributed by atoms with van der Waals surface area (Å²) < 4.78 is 0. The SMILES string of the molecule is NCCCCC(N)C(=O)ON. The van der Waals surface area contributed by atoms with Crippen molar-refractivity contribution in [1.29, 1.82) is 0 Å². The Labute approximate surface area is 65.8 Å². The number of hydrogen-bond donors (Lipinski definition) is 3. The van der Waals surface area contributed by atoms with E-state index in [0.717, 1.165) is 12.8 Å². The van der Waals surface area contributed by atoms with Crippen molar-refractivity contribution in [2.24, 2.45) is 17.4 Å². The van der Waals surface area contributed by atoms with Crippen LogP contribution in [0.3, 0.4) is 0 Å².